The number of nitrogens with zero attached hydrogens (tertiary/aromatic N) is 2. The number of hydrogen-bond acceptors (Lipinski definition) is 4. The summed E-state index contributed by atoms with van der Waals surface area (Å²) < 4.78 is 4.97. The SMILES string of the molecule is Cc1noc2nc(CN)ccc12. The fraction of sp³-hybridized carbons (Fsp3) is 0.250. The normalized spacial score (nSPS) is 10.8. The van der Waals surface area contributed by atoms with Crippen LogP contribution in [0.3, 0.4) is 0 Å². The third kappa shape index (κ3) is 0.967. The lowest BCUT2D eigenvalue weighted by Gasteiger charge is -1.92. The van der Waals surface area contributed by atoms with Crippen LogP contribution in [0.25, 0.3) is 11.1 Å². The minimum atomic E-state index is 0.426. The van der Waals surface area contributed by atoms with Crippen LogP contribution in [0, 0.1) is 6.92 Å². The fourth-order valence-electron chi connectivity index (χ4n) is 1.10. The van der Waals surface area contributed by atoms with Crippen LogP contribution < -0.4 is 5.73 Å². The Labute approximate surface area is 69.4 Å². The van der Waals surface area contributed by atoms with Crippen molar-refractivity contribution in [1.82, 2.24) is 10.1 Å². The van der Waals surface area contributed by atoms with E-state index in [-0.39, 0.29) is 0 Å². The number of pyridine rings is 1. The van der Waals surface area contributed by atoms with Crippen molar-refractivity contribution >= 4 is 11.1 Å². The molecule has 0 aromatic carbocycles. The smallest absolute Gasteiger partial charge is 0.258 e. The second kappa shape index (κ2) is 2.57. The van der Waals surface area contributed by atoms with Gasteiger partial charge in [0, 0.05) is 6.54 Å². The monoisotopic (exact) mass is 163 g/mol. The lowest BCUT2D eigenvalue weighted by molar-refractivity contribution is 0.442. The average Bonchev–Trinajstić information content (AvgIpc) is 2.47. The Morgan fingerprint density at radius 2 is 2.33 bits per heavy atom. The molecule has 2 heterocycles. The molecular weight excluding hydrogens is 154 g/mol. The van der Waals surface area contributed by atoms with Gasteiger partial charge in [-0.25, -0.2) is 4.98 Å². The summed E-state index contributed by atoms with van der Waals surface area (Å²) in [4.78, 5) is 4.16. The molecule has 0 unspecified atom stereocenters. The first kappa shape index (κ1) is 7.24. The number of aryl methyl sites for hydroxylation is 1. The molecule has 2 aromatic heterocycles. The molecule has 62 valence electrons. The molecule has 0 radical (unpaired) electrons. The number of fused-ring (bicyclic) bond motifs is 1. The molecule has 12 heavy (non-hydrogen) atoms. The molecule has 2 rings (SSSR count). The summed E-state index contributed by atoms with van der Waals surface area (Å²) in [6, 6.07) is 3.81. The molecule has 0 amide bonds. The van der Waals surface area contributed by atoms with Crippen LogP contribution in [0.5, 0.6) is 0 Å². The predicted molar refractivity (Wildman–Crippen MR) is 44.4 cm³/mol. The van der Waals surface area contributed by atoms with Gasteiger partial charge < -0.3 is 10.3 Å². The van der Waals surface area contributed by atoms with Crippen molar-refractivity contribution in [3.8, 4) is 0 Å². The summed E-state index contributed by atoms with van der Waals surface area (Å²) >= 11 is 0. The van der Waals surface area contributed by atoms with Gasteiger partial charge in [-0.2, -0.15) is 0 Å². The Balaban J connectivity index is 2.69. The lowest BCUT2D eigenvalue weighted by atomic mass is 10.2. The van der Waals surface area contributed by atoms with Crippen molar-refractivity contribution in [1.29, 1.82) is 0 Å². The predicted octanol–water partition coefficient (Wildman–Crippen LogP) is 0.990. The number of hydrogen-bond donors (Lipinski definition) is 1. The van der Waals surface area contributed by atoms with Crippen LogP contribution in [-0.2, 0) is 6.54 Å². The molecule has 4 nitrogen and oxygen atoms in total. The minimum Gasteiger partial charge on any atom is -0.336 e. The van der Waals surface area contributed by atoms with E-state index in [1.165, 1.54) is 0 Å². The lowest BCUT2D eigenvalue weighted by Crippen LogP contribution is -1.98. The maximum absolute atomic E-state index is 5.42. The third-order valence-corrected chi connectivity index (χ3v) is 1.79. The van der Waals surface area contributed by atoms with Crippen molar-refractivity contribution < 1.29 is 4.52 Å². The van der Waals surface area contributed by atoms with Gasteiger partial charge in [0.1, 0.15) is 0 Å². The van der Waals surface area contributed by atoms with E-state index in [1.54, 1.807) is 0 Å². The second-order valence-electron chi connectivity index (χ2n) is 2.63. The van der Waals surface area contributed by atoms with Gasteiger partial charge in [0.05, 0.1) is 16.8 Å². The molecule has 0 bridgehead atoms. The van der Waals surface area contributed by atoms with Gasteiger partial charge in [-0.3, -0.25) is 0 Å². The minimum absolute atomic E-state index is 0.426. The molecule has 4 heteroatoms. The zero-order valence-corrected chi connectivity index (χ0v) is 6.74. The standard InChI is InChI=1S/C8H9N3O/c1-5-7-3-2-6(4-9)10-8(7)12-11-5/h2-3H,4,9H2,1H3. The van der Waals surface area contributed by atoms with Crippen molar-refractivity contribution in [2.75, 3.05) is 0 Å². The van der Waals surface area contributed by atoms with Gasteiger partial charge in [0.25, 0.3) is 5.71 Å². The Bertz CT molecular complexity index is 408. The molecule has 0 atom stereocenters. The van der Waals surface area contributed by atoms with Crippen LogP contribution in [0.15, 0.2) is 16.7 Å². The molecule has 2 aromatic rings. The number of nitrogens with two attached hydrogens (primary N) is 1. The summed E-state index contributed by atoms with van der Waals surface area (Å²) in [6.07, 6.45) is 0. The summed E-state index contributed by atoms with van der Waals surface area (Å²) in [6.45, 7) is 2.31. The quantitative estimate of drug-likeness (QED) is 0.680. The highest BCUT2D eigenvalue weighted by Crippen LogP contribution is 2.15. The van der Waals surface area contributed by atoms with E-state index in [9.17, 15) is 0 Å². The highest BCUT2D eigenvalue weighted by atomic mass is 16.5. The van der Waals surface area contributed by atoms with Crippen molar-refractivity contribution in [2.45, 2.75) is 13.5 Å². The fourth-order valence-corrected chi connectivity index (χ4v) is 1.10. The van der Waals surface area contributed by atoms with Crippen LogP contribution >= 0.6 is 0 Å². The average molecular weight is 163 g/mol. The molecule has 2 N–H and O–H groups in total. The summed E-state index contributed by atoms with van der Waals surface area (Å²) in [5, 5.41) is 4.74. The van der Waals surface area contributed by atoms with E-state index in [2.05, 4.69) is 10.1 Å². The van der Waals surface area contributed by atoms with Crippen LogP contribution in [-0.4, -0.2) is 10.1 Å². The number of aromatic nitrogens is 2. The van der Waals surface area contributed by atoms with E-state index in [0.29, 0.717) is 12.3 Å². The molecule has 0 spiro atoms. The molecule has 0 aliphatic heterocycles. The van der Waals surface area contributed by atoms with Gasteiger partial charge in [-0.15, -0.1) is 0 Å². The third-order valence-electron chi connectivity index (χ3n) is 1.79. The molecule has 0 saturated heterocycles. The van der Waals surface area contributed by atoms with E-state index in [1.807, 2.05) is 19.1 Å². The van der Waals surface area contributed by atoms with Crippen LogP contribution in [0.2, 0.25) is 0 Å². The van der Waals surface area contributed by atoms with Crippen molar-refractivity contribution in [3.05, 3.63) is 23.5 Å². The maximum Gasteiger partial charge on any atom is 0.258 e. The zero-order valence-electron chi connectivity index (χ0n) is 6.74. The highest BCUT2D eigenvalue weighted by Gasteiger charge is 2.04. The summed E-state index contributed by atoms with van der Waals surface area (Å²) in [5.41, 5.74) is 7.67. The Hall–Kier alpha value is -1.42. The Kier molecular flexibility index (Phi) is 1.55. The summed E-state index contributed by atoms with van der Waals surface area (Å²) in [7, 11) is 0. The van der Waals surface area contributed by atoms with Crippen molar-refractivity contribution in [2.24, 2.45) is 5.73 Å². The Morgan fingerprint density at radius 3 is 3.08 bits per heavy atom. The van der Waals surface area contributed by atoms with Gasteiger partial charge >= 0.3 is 0 Å². The van der Waals surface area contributed by atoms with Crippen LogP contribution in [0.1, 0.15) is 11.4 Å². The highest BCUT2D eigenvalue weighted by molar-refractivity contribution is 5.75. The first-order chi connectivity index (χ1) is 5.81. The van der Waals surface area contributed by atoms with Crippen LogP contribution in [0.4, 0.5) is 0 Å². The van der Waals surface area contributed by atoms with Crippen molar-refractivity contribution in [3.63, 3.8) is 0 Å². The van der Waals surface area contributed by atoms with Gasteiger partial charge in [-0.1, -0.05) is 5.16 Å². The number of rotatable bonds is 1. The molecule has 0 saturated carbocycles. The van der Waals surface area contributed by atoms with E-state index in [0.717, 1.165) is 16.8 Å². The molecular formula is C8H9N3O. The molecule has 0 aliphatic rings. The molecule has 0 fully saturated rings. The van der Waals surface area contributed by atoms with Gasteiger partial charge in [0.2, 0.25) is 0 Å². The first-order valence-electron chi connectivity index (χ1n) is 3.73. The van der Waals surface area contributed by atoms with Gasteiger partial charge in [-0.05, 0) is 19.1 Å². The van der Waals surface area contributed by atoms with E-state index >= 15 is 0 Å². The topological polar surface area (TPSA) is 64.9 Å². The van der Waals surface area contributed by atoms with Gasteiger partial charge in [0.15, 0.2) is 0 Å². The molecule has 0 aliphatic carbocycles. The summed E-state index contributed by atoms with van der Waals surface area (Å²) in [5.74, 6) is 0. The van der Waals surface area contributed by atoms with E-state index in [4.69, 9.17) is 10.3 Å². The maximum atomic E-state index is 5.42. The second-order valence-corrected chi connectivity index (χ2v) is 2.63. The van der Waals surface area contributed by atoms with E-state index < -0.39 is 0 Å². The zero-order chi connectivity index (χ0) is 8.55. The Morgan fingerprint density at radius 1 is 1.50 bits per heavy atom. The largest absolute Gasteiger partial charge is 0.336 e. The first-order valence-corrected chi connectivity index (χ1v) is 3.73.